The summed E-state index contributed by atoms with van der Waals surface area (Å²) in [6.07, 6.45) is 4.42. The van der Waals surface area contributed by atoms with Gasteiger partial charge in [-0.15, -0.1) is 0 Å². The molecule has 1 fully saturated rings. The van der Waals surface area contributed by atoms with E-state index in [1.807, 2.05) is 24.0 Å². The molecule has 0 aliphatic carbocycles. The molecule has 2 N–H and O–H groups in total. The lowest BCUT2D eigenvalue weighted by molar-refractivity contribution is 0.322. The van der Waals surface area contributed by atoms with Crippen LogP contribution in [0.5, 0.6) is 0 Å². The van der Waals surface area contributed by atoms with Crippen LogP contribution >= 0.6 is 23.5 Å². The third kappa shape index (κ3) is 4.71. The van der Waals surface area contributed by atoms with Crippen molar-refractivity contribution in [3.05, 3.63) is 23.9 Å². The van der Waals surface area contributed by atoms with Crippen molar-refractivity contribution in [3.8, 4) is 0 Å². The molecule has 1 aliphatic rings. The number of nitrogens with one attached hydrogen (secondary N) is 1. The summed E-state index contributed by atoms with van der Waals surface area (Å²) in [5, 5.41) is 12.3. The highest BCUT2D eigenvalue weighted by Crippen LogP contribution is 2.21. The van der Waals surface area contributed by atoms with Gasteiger partial charge in [0, 0.05) is 29.5 Å². The van der Waals surface area contributed by atoms with Crippen molar-refractivity contribution in [2.45, 2.75) is 24.6 Å². The number of rotatable bonds is 6. The van der Waals surface area contributed by atoms with E-state index in [2.05, 4.69) is 16.4 Å². The molecule has 1 aromatic heterocycles. The minimum atomic E-state index is 0.250. The Morgan fingerprint density at radius 1 is 1.56 bits per heavy atom. The van der Waals surface area contributed by atoms with E-state index in [1.165, 1.54) is 29.9 Å². The molecule has 0 aromatic carbocycles. The first-order chi connectivity index (χ1) is 8.88. The number of nitrogens with zero attached hydrogens (tertiary/aromatic N) is 1. The molecule has 18 heavy (non-hydrogen) atoms. The summed E-state index contributed by atoms with van der Waals surface area (Å²) in [5.41, 5.74) is 1.27. The van der Waals surface area contributed by atoms with Crippen molar-refractivity contribution in [2.24, 2.45) is 0 Å². The van der Waals surface area contributed by atoms with Gasteiger partial charge in [-0.3, -0.25) is 0 Å². The molecule has 0 amide bonds. The number of hydrogen-bond donors (Lipinski definition) is 2. The van der Waals surface area contributed by atoms with E-state index in [9.17, 15) is 0 Å². The smallest absolute Gasteiger partial charge is 0.126 e. The van der Waals surface area contributed by atoms with Gasteiger partial charge in [0.05, 0.1) is 6.61 Å². The number of anilines is 1. The molecule has 0 spiro atoms. The lowest BCUT2D eigenvalue weighted by Crippen LogP contribution is -2.26. The zero-order valence-corrected chi connectivity index (χ0v) is 12.1. The number of pyridine rings is 1. The van der Waals surface area contributed by atoms with Crippen LogP contribution in [0.2, 0.25) is 0 Å². The Labute approximate surface area is 117 Å². The SMILES string of the molecule is OCCSCc1ccnc(NC2CCCSC2)c1. The highest BCUT2D eigenvalue weighted by atomic mass is 32.2. The van der Waals surface area contributed by atoms with Gasteiger partial charge in [0.25, 0.3) is 0 Å². The normalized spacial score (nSPS) is 19.7. The molecule has 1 saturated heterocycles. The van der Waals surface area contributed by atoms with Crippen LogP contribution in [-0.4, -0.2) is 40.0 Å². The van der Waals surface area contributed by atoms with E-state index in [1.54, 1.807) is 11.8 Å². The van der Waals surface area contributed by atoms with Crippen molar-refractivity contribution >= 4 is 29.3 Å². The first kappa shape index (κ1) is 14.0. The van der Waals surface area contributed by atoms with Gasteiger partial charge in [0.15, 0.2) is 0 Å². The second kappa shape index (κ2) is 7.92. The van der Waals surface area contributed by atoms with Gasteiger partial charge in [-0.1, -0.05) is 0 Å². The molecule has 1 atom stereocenters. The summed E-state index contributed by atoms with van der Waals surface area (Å²) < 4.78 is 0. The van der Waals surface area contributed by atoms with E-state index in [-0.39, 0.29) is 6.61 Å². The highest BCUT2D eigenvalue weighted by molar-refractivity contribution is 7.99. The second-order valence-electron chi connectivity index (χ2n) is 4.38. The summed E-state index contributed by atoms with van der Waals surface area (Å²) in [6.45, 7) is 0.250. The van der Waals surface area contributed by atoms with Gasteiger partial charge in [-0.2, -0.15) is 23.5 Å². The second-order valence-corrected chi connectivity index (χ2v) is 6.64. The van der Waals surface area contributed by atoms with Gasteiger partial charge in [0.2, 0.25) is 0 Å². The first-order valence-corrected chi connectivity index (χ1v) is 8.67. The van der Waals surface area contributed by atoms with Gasteiger partial charge in [-0.05, 0) is 36.3 Å². The van der Waals surface area contributed by atoms with Crippen molar-refractivity contribution in [3.63, 3.8) is 0 Å². The van der Waals surface area contributed by atoms with Crippen molar-refractivity contribution in [1.29, 1.82) is 0 Å². The van der Waals surface area contributed by atoms with Crippen LogP contribution < -0.4 is 5.32 Å². The van der Waals surface area contributed by atoms with Gasteiger partial charge in [0.1, 0.15) is 5.82 Å². The molecule has 5 heteroatoms. The maximum absolute atomic E-state index is 8.77. The summed E-state index contributed by atoms with van der Waals surface area (Å²) in [4.78, 5) is 4.38. The van der Waals surface area contributed by atoms with Gasteiger partial charge in [-0.25, -0.2) is 4.98 Å². The third-order valence-electron chi connectivity index (χ3n) is 2.84. The first-order valence-electron chi connectivity index (χ1n) is 6.36. The van der Waals surface area contributed by atoms with Crippen LogP contribution in [0.4, 0.5) is 5.82 Å². The van der Waals surface area contributed by atoms with E-state index in [4.69, 9.17) is 5.11 Å². The summed E-state index contributed by atoms with van der Waals surface area (Å²) in [7, 11) is 0. The van der Waals surface area contributed by atoms with Crippen LogP contribution in [0.25, 0.3) is 0 Å². The minimum absolute atomic E-state index is 0.250. The average molecular weight is 284 g/mol. The number of aliphatic hydroxyl groups is 1. The van der Waals surface area contributed by atoms with Crippen LogP contribution in [-0.2, 0) is 5.75 Å². The molecule has 100 valence electrons. The Hall–Kier alpha value is -0.390. The predicted octanol–water partition coefficient (Wildman–Crippen LogP) is 2.61. The van der Waals surface area contributed by atoms with E-state index < -0.39 is 0 Å². The molecule has 1 aromatic rings. The molecule has 0 bridgehead atoms. The fourth-order valence-electron chi connectivity index (χ4n) is 1.96. The number of thioether (sulfide) groups is 2. The maximum Gasteiger partial charge on any atom is 0.126 e. The van der Waals surface area contributed by atoms with Crippen LogP contribution in [0.3, 0.4) is 0 Å². The van der Waals surface area contributed by atoms with Gasteiger partial charge < -0.3 is 10.4 Å². The Bertz CT molecular complexity index is 357. The Morgan fingerprint density at radius 3 is 3.28 bits per heavy atom. The Kier molecular flexibility index (Phi) is 6.17. The van der Waals surface area contributed by atoms with E-state index in [0.717, 1.165) is 17.3 Å². The summed E-state index contributed by atoms with van der Waals surface area (Å²) in [5.74, 6) is 5.21. The maximum atomic E-state index is 8.77. The monoisotopic (exact) mass is 284 g/mol. The number of aliphatic hydroxyl groups excluding tert-OH is 1. The zero-order chi connectivity index (χ0) is 12.6. The van der Waals surface area contributed by atoms with Crippen LogP contribution in [0, 0.1) is 0 Å². The molecular formula is C13H20N2OS2. The number of hydrogen-bond acceptors (Lipinski definition) is 5. The molecular weight excluding hydrogens is 264 g/mol. The molecule has 1 unspecified atom stereocenters. The van der Waals surface area contributed by atoms with E-state index in [0.29, 0.717) is 6.04 Å². The van der Waals surface area contributed by atoms with Crippen molar-refractivity contribution in [1.82, 2.24) is 4.98 Å². The lowest BCUT2D eigenvalue weighted by atomic mass is 10.2. The summed E-state index contributed by atoms with van der Waals surface area (Å²) >= 11 is 3.77. The molecule has 0 radical (unpaired) electrons. The fraction of sp³-hybridized carbons (Fsp3) is 0.615. The van der Waals surface area contributed by atoms with Gasteiger partial charge >= 0.3 is 0 Å². The quantitative estimate of drug-likeness (QED) is 0.786. The largest absolute Gasteiger partial charge is 0.396 e. The predicted molar refractivity (Wildman–Crippen MR) is 81.5 cm³/mol. The Morgan fingerprint density at radius 2 is 2.50 bits per heavy atom. The standard InChI is InChI=1S/C13H20N2OS2/c16-5-7-18-9-11-3-4-14-13(8-11)15-12-2-1-6-17-10-12/h3-4,8,12,16H,1-2,5-7,9-10H2,(H,14,15). The zero-order valence-electron chi connectivity index (χ0n) is 10.5. The van der Waals surface area contributed by atoms with E-state index >= 15 is 0 Å². The van der Waals surface area contributed by atoms with Crippen LogP contribution in [0.1, 0.15) is 18.4 Å². The molecule has 3 nitrogen and oxygen atoms in total. The fourth-order valence-corrected chi connectivity index (χ4v) is 3.72. The molecule has 0 saturated carbocycles. The minimum Gasteiger partial charge on any atom is -0.396 e. The van der Waals surface area contributed by atoms with Crippen molar-refractivity contribution < 1.29 is 5.11 Å². The topological polar surface area (TPSA) is 45.2 Å². The third-order valence-corrected chi connectivity index (χ3v) is 5.07. The number of aromatic nitrogens is 1. The van der Waals surface area contributed by atoms with Crippen molar-refractivity contribution in [2.75, 3.05) is 29.2 Å². The molecule has 1 aliphatic heterocycles. The lowest BCUT2D eigenvalue weighted by Gasteiger charge is -2.23. The van der Waals surface area contributed by atoms with Crippen LogP contribution in [0.15, 0.2) is 18.3 Å². The molecule has 2 rings (SSSR count). The average Bonchev–Trinajstić information content (AvgIpc) is 2.41. The summed E-state index contributed by atoms with van der Waals surface area (Å²) in [6, 6.07) is 4.74. The Balaban J connectivity index is 1.85. The highest BCUT2D eigenvalue weighted by Gasteiger charge is 2.13. The molecule has 2 heterocycles.